The maximum absolute atomic E-state index is 11.6. The van der Waals surface area contributed by atoms with Crippen molar-refractivity contribution in [2.75, 3.05) is 12.9 Å². The molecule has 0 bridgehead atoms. The second-order valence-electron chi connectivity index (χ2n) is 7.05. The maximum Gasteiger partial charge on any atom is 0.175 e. The van der Waals surface area contributed by atoms with Gasteiger partial charge in [0.2, 0.25) is 0 Å². The Hall–Kier alpha value is -0.950. The van der Waals surface area contributed by atoms with E-state index in [1.807, 2.05) is 12.1 Å². The van der Waals surface area contributed by atoms with Gasteiger partial charge in [-0.25, -0.2) is 8.42 Å². The highest BCUT2D eigenvalue weighted by Crippen LogP contribution is 2.26. The first kappa shape index (κ1) is 17.9. The molecule has 3 unspecified atom stereocenters. The molecule has 0 spiro atoms. The van der Waals surface area contributed by atoms with Crippen LogP contribution in [0.3, 0.4) is 0 Å². The number of piperidine rings is 1. The minimum atomic E-state index is -3.13. The molecular formula is C18H28N2O3S. The lowest BCUT2D eigenvalue weighted by Gasteiger charge is -2.35. The van der Waals surface area contributed by atoms with Gasteiger partial charge in [-0.2, -0.15) is 0 Å². The third kappa shape index (κ3) is 4.36. The van der Waals surface area contributed by atoms with E-state index in [0.717, 1.165) is 44.3 Å². The molecule has 0 aliphatic carbocycles. The van der Waals surface area contributed by atoms with Crippen LogP contribution in [0.4, 0.5) is 0 Å². The molecule has 2 aliphatic rings. The molecule has 2 N–H and O–H groups in total. The minimum absolute atomic E-state index is 0.265. The third-order valence-electron chi connectivity index (χ3n) is 5.09. The molecule has 4 atom stereocenters. The van der Waals surface area contributed by atoms with Crippen LogP contribution in [0.15, 0.2) is 29.2 Å². The first-order valence-electron chi connectivity index (χ1n) is 8.87. The van der Waals surface area contributed by atoms with E-state index in [0.29, 0.717) is 17.0 Å². The van der Waals surface area contributed by atoms with E-state index in [2.05, 4.69) is 17.6 Å². The molecule has 2 saturated heterocycles. The van der Waals surface area contributed by atoms with Crippen molar-refractivity contribution in [2.24, 2.45) is 0 Å². The third-order valence-corrected chi connectivity index (χ3v) is 6.21. The molecule has 0 amide bonds. The van der Waals surface area contributed by atoms with Crippen molar-refractivity contribution in [3.63, 3.8) is 0 Å². The van der Waals surface area contributed by atoms with Gasteiger partial charge in [-0.15, -0.1) is 0 Å². The fraction of sp³-hybridized carbons (Fsp3) is 0.667. The fourth-order valence-electron chi connectivity index (χ4n) is 3.70. The van der Waals surface area contributed by atoms with Gasteiger partial charge < -0.3 is 4.74 Å². The van der Waals surface area contributed by atoms with E-state index in [1.165, 1.54) is 6.26 Å². The van der Waals surface area contributed by atoms with E-state index in [-0.39, 0.29) is 12.2 Å². The summed E-state index contributed by atoms with van der Waals surface area (Å²) in [6, 6.07) is 7.88. The van der Waals surface area contributed by atoms with E-state index in [1.54, 1.807) is 12.1 Å². The van der Waals surface area contributed by atoms with Crippen LogP contribution in [0, 0.1) is 0 Å². The Morgan fingerprint density at radius 2 is 1.92 bits per heavy atom. The number of hydrogen-bond acceptors (Lipinski definition) is 5. The molecule has 6 heteroatoms. The molecule has 1 aromatic rings. The SMILES string of the molecule is C[C@H](NC1CCCC(c2ccc(S(C)(=O)=O)cc2)N1)C1CCCO1. The van der Waals surface area contributed by atoms with E-state index in [4.69, 9.17) is 4.74 Å². The lowest BCUT2D eigenvalue weighted by atomic mass is 9.95. The quantitative estimate of drug-likeness (QED) is 0.852. The average Bonchev–Trinajstić information content (AvgIpc) is 3.09. The summed E-state index contributed by atoms with van der Waals surface area (Å²) >= 11 is 0. The van der Waals surface area contributed by atoms with Crippen molar-refractivity contribution in [3.05, 3.63) is 29.8 Å². The second kappa shape index (κ2) is 7.52. The lowest BCUT2D eigenvalue weighted by Crippen LogP contribution is -2.52. The summed E-state index contributed by atoms with van der Waals surface area (Å²) in [5, 5.41) is 7.33. The number of hydrogen-bond donors (Lipinski definition) is 2. The van der Waals surface area contributed by atoms with Gasteiger partial charge in [-0.05, 0) is 56.7 Å². The number of benzene rings is 1. The summed E-state index contributed by atoms with van der Waals surface area (Å²) in [5.74, 6) is 0. The van der Waals surface area contributed by atoms with Crippen molar-refractivity contribution < 1.29 is 13.2 Å². The van der Waals surface area contributed by atoms with Crippen LogP contribution in [-0.2, 0) is 14.6 Å². The largest absolute Gasteiger partial charge is 0.377 e. The number of sulfone groups is 1. The Labute approximate surface area is 145 Å². The van der Waals surface area contributed by atoms with Gasteiger partial charge in [0.15, 0.2) is 9.84 Å². The van der Waals surface area contributed by atoms with Crippen LogP contribution < -0.4 is 10.6 Å². The maximum atomic E-state index is 11.6. The fourth-order valence-corrected chi connectivity index (χ4v) is 4.33. The van der Waals surface area contributed by atoms with Crippen LogP contribution in [-0.4, -0.2) is 39.6 Å². The van der Waals surface area contributed by atoms with Crippen LogP contribution in [0.1, 0.15) is 50.6 Å². The van der Waals surface area contributed by atoms with E-state index in [9.17, 15) is 8.42 Å². The zero-order valence-corrected chi connectivity index (χ0v) is 15.3. The van der Waals surface area contributed by atoms with Gasteiger partial charge in [0.05, 0.1) is 17.2 Å². The summed E-state index contributed by atoms with van der Waals surface area (Å²) in [4.78, 5) is 0.378. The van der Waals surface area contributed by atoms with Crippen molar-refractivity contribution >= 4 is 9.84 Å². The van der Waals surface area contributed by atoms with Gasteiger partial charge in [0.25, 0.3) is 0 Å². The highest BCUT2D eigenvalue weighted by molar-refractivity contribution is 7.90. The zero-order chi connectivity index (χ0) is 17.2. The predicted molar refractivity (Wildman–Crippen MR) is 94.6 cm³/mol. The average molecular weight is 353 g/mol. The van der Waals surface area contributed by atoms with Crippen LogP contribution in [0.5, 0.6) is 0 Å². The normalized spacial score (nSPS) is 29.5. The summed E-state index contributed by atoms with van der Waals surface area (Å²) in [6.07, 6.45) is 7.47. The first-order valence-corrected chi connectivity index (χ1v) is 10.8. The molecule has 1 aromatic carbocycles. The van der Waals surface area contributed by atoms with E-state index < -0.39 is 9.84 Å². The molecule has 2 aliphatic heterocycles. The van der Waals surface area contributed by atoms with Crippen molar-refractivity contribution in [2.45, 2.75) is 68.3 Å². The molecule has 0 aromatic heterocycles. The molecule has 2 heterocycles. The minimum Gasteiger partial charge on any atom is -0.377 e. The highest BCUT2D eigenvalue weighted by Gasteiger charge is 2.27. The van der Waals surface area contributed by atoms with Crippen molar-refractivity contribution in [1.29, 1.82) is 0 Å². The summed E-state index contributed by atoms with van der Waals surface area (Å²) < 4.78 is 28.9. The smallest absolute Gasteiger partial charge is 0.175 e. The van der Waals surface area contributed by atoms with Crippen LogP contribution >= 0.6 is 0 Å². The summed E-state index contributed by atoms with van der Waals surface area (Å²) in [5.41, 5.74) is 1.15. The molecule has 0 radical (unpaired) electrons. The van der Waals surface area contributed by atoms with Gasteiger partial charge in [-0.3, -0.25) is 10.6 Å². The molecule has 5 nitrogen and oxygen atoms in total. The Bertz CT molecular complexity index is 639. The van der Waals surface area contributed by atoms with Crippen molar-refractivity contribution in [1.82, 2.24) is 10.6 Å². The Morgan fingerprint density at radius 3 is 2.54 bits per heavy atom. The Kier molecular flexibility index (Phi) is 5.59. The molecular weight excluding hydrogens is 324 g/mol. The van der Waals surface area contributed by atoms with Gasteiger partial charge in [-0.1, -0.05) is 12.1 Å². The highest BCUT2D eigenvalue weighted by atomic mass is 32.2. The summed E-state index contributed by atoms with van der Waals surface area (Å²) in [6.45, 7) is 3.08. The summed E-state index contributed by atoms with van der Waals surface area (Å²) in [7, 11) is -3.13. The van der Waals surface area contributed by atoms with Gasteiger partial charge in [0.1, 0.15) is 0 Å². The molecule has 24 heavy (non-hydrogen) atoms. The van der Waals surface area contributed by atoms with Gasteiger partial charge >= 0.3 is 0 Å². The molecule has 2 fully saturated rings. The number of rotatable bonds is 5. The Morgan fingerprint density at radius 1 is 1.17 bits per heavy atom. The Balaban J connectivity index is 1.60. The predicted octanol–water partition coefficient (Wildman–Crippen LogP) is 2.39. The number of ether oxygens (including phenoxy) is 1. The molecule has 3 rings (SSSR count). The standard InChI is InChI=1S/C18H28N2O3S/c1-13(17-6-4-12-23-17)19-18-7-3-5-16(20-18)14-8-10-15(11-9-14)24(2,21)22/h8-11,13,16-20H,3-7,12H2,1-2H3/t13-,16?,17?,18?/m0/s1. The lowest BCUT2D eigenvalue weighted by molar-refractivity contribution is 0.0742. The van der Waals surface area contributed by atoms with E-state index >= 15 is 0 Å². The van der Waals surface area contributed by atoms with Gasteiger partial charge in [0, 0.05) is 24.9 Å². The first-order chi connectivity index (χ1) is 11.4. The zero-order valence-electron chi connectivity index (χ0n) is 14.5. The molecule has 0 saturated carbocycles. The van der Waals surface area contributed by atoms with Crippen molar-refractivity contribution in [3.8, 4) is 0 Å². The second-order valence-corrected chi connectivity index (χ2v) is 9.07. The van der Waals surface area contributed by atoms with Crippen LogP contribution in [0.25, 0.3) is 0 Å². The molecule has 134 valence electrons. The monoisotopic (exact) mass is 352 g/mol. The topological polar surface area (TPSA) is 67.4 Å². The van der Waals surface area contributed by atoms with Crippen LogP contribution in [0.2, 0.25) is 0 Å². The number of nitrogens with one attached hydrogen (secondary N) is 2.